The summed E-state index contributed by atoms with van der Waals surface area (Å²) in [5.41, 5.74) is 7.39. The van der Waals surface area contributed by atoms with Crippen molar-refractivity contribution in [3.05, 3.63) is 95.4 Å². The number of carbonyl (C=O) groups is 2. The molecule has 7 heteroatoms. The number of nitrogens with one attached hydrogen (secondary N) is 1. The summed E-state index contributed by atoms with van der Waals surface area (Å²) in [5, 5.41) is 2.84. The first-order chi connectivity index (χ1) is 19.5. The third-order valence-corrected chi connectivity index (χ3v) is 7.90. The molecule has 4 aromatic rings. The fourth-order valence-electron chi connectivity index (χ4n) is 6.00. The number of rotatable bonds is 6. The topological polar surface area (TPSA) is 70.5 Å². The number of amides is 1. The molecule has 1 amide bonds. The van der Waals surface area contributed by atoms with Crippen LogP contribution < -0.4 is 15.1 Å². The number of aromatic nitrogens is 2. The van der Waals surface area contributed by atoms with E-state index in [4.69, 9.17) is 4.98 Å². The molecule has 0 atom stereocenters. The third kappa shape index (κ3) is 5.24. The zero-order chi connectivity index (χ0) is 27.6. The molecule has 40 heavy (non-hydrogen) atoms. The highest BCUT2D eigenvalue weighted by Crippen LogP contribution is 2.32. The van der Waals surface area contributed by atoms with Gasteiger partial charge < -0.3 is 19.7 Å². The summed E-state index contributed by atoms with van der Waals surface area (Å²) >= 11 is 0. The number of ketones is 1. The molecular weight excluding hydrogens is 498 g/mol. The van der Waals surface area contributed by atoms with Crippen LogP contribution in [0.25, 0.3) is 11.1 Å². The van der Waals surface area contributed by atoms with Gasteiger partial charge in [0.2, 0.25) is 0 Å². The quantitative estimate of drug-likeness (QED) is 0.256. The van der Waals surface area contributed by atoms with E-state index in [1.165, 1.54) is 5.56 Å². The molecule has 0 unspecified atom stereocenters. The van der Waals surface area contributed by atoms with E-state index in [2.05, 4.69) is 40.2 Å². The summed E-state index contributed by atoms with van der Waals surface area (Å²) in [6.45, 7) is 8.63. The van der Waals surface area contributed by atoms with Crippen molar-refractivity contribution in [2.45, 2.75) is 39.7 Å². The molecule has 204 valence electrons. The first-order valence-electron chi connectivity index (χ1n) is 14.1. The van der Waals surface area contributed by atoms with Crippen LogP contribution in [0.15, 0.2) is 72.8 Å². The molecular formula is C33H35N5O2. The highest BCUT2D eigenvalue weighted by Gasteiger charge is 2.29. The summed E-state index contributed by atoms with van der Waals surface area (Å²) < 4.78 is 2.02. The Balaban J connectivity index is 1.13. The Kier molecular flexibility index (Phi) is 7.11. The number of pyridine rings is 1. The van der Waals surface area contributed by atoms with Gasteiger partial charge in [0.25, 0.3) is 11.7 Å². The van der Waals surface area contributed by atoms with Crippen LogP contribution in [0.3, 0.4) is 0 Å². The van der Waals surface area contributed by atoms with E-state index in [0.29, 0.717) is 11.4 Å². The molecule has 2 aromatic heterocycles. The van der Waals surface area contributed by atoms with Gasteiger partial charge in [0.15, 0.2) is 0 Å². The van der Waals surface area contributed by atoms with Crippen molar-refractivity contribution in [2.24, 2.45) is 0 Å². The molecule has 2 aliphatic rings. The molecule has 1 N–H and O–H groups in total. The van der Waals surface area contributed by atoms with E-state index in [0.717, 1.165) is 86.0 Å². The van der Waals surface area contributed by atoms with Gasteiger partial charge in [-0.2, -0.15) is 0 Å². The molecule has 2 aliphatic heterocycles. The molecule has 0 bridgehead atoms. The summed E-state index contributed by atoms with van der Waals surface area (Å²) in [6, 6.07) is 24.0. The van der Waals surface area contributed by atoms with Gasteiger partial charge in [0.05, 0.1) is 0 Å². The summed E-state index contributed by atoms with van der Waals surface area (Å²) in [7, 11) is 0. The summed E-state index contributed by atoms with van der Waals surface area (Å²) in [5.74, 6) is -0.0566. The van der Waals surface area contributed by atoms with E-state index in [-0.39, 0.29) is 0 Å². The number of fused-ring (bicyclic) bond motifs is 1. The summed E-state index contributed by atoms with van der Waals surface area (Å²) in [4.78, 5) is 36.1. The normalized spacial score (nSPS) is 15.1. The maximum atomic E-state index is 13.5. The lowest BCUT2D eigenvalue weighted by Gasteiger charge is -2.25. The molecule has 1 fully saturated rings. The molecule has 0 saturated carbocycles. The average Bonchev–Trinajstić information content (AvgIpc) is 3.46. The van der Waals surface area contributed by atoms with Gasteiger partial charge in [-0.1, -0.05) is 30.3 Å². The van der Waals surface area contributed by atoms with Crippen LogP contribution >= 0.6 is 0 Å². The maximum absolute atomic E-state index is 13.5. The molecule has 7 nitrogen and oxygen atoms in total. The number of hydrogen-bond donors (Lipinski definition) is 1. The lowest BCUT2D eigenvalue weighted by atomic mass is 10.0. The number of benzene rings is 2. The van der Waals surface area contributed by atoms with Gasteiger partial charge in [-0.05, 0) is 86.7 Å². The average molecular weight is 534 g/mol. The Bertz CT molecular complexity index is 1520. The van der Waals surface area contributed by atoms with Crippen LogP contribution in [0.5, 0.6) is 0 Å². The minimum atomic E-state index is -0.607. The lowest BCUT2D eigenvalue weighted by molar-refractivity contribution is -0.112. The third-order valence-electron chi connectivity index (χ3n) is 7.90. The van der Waals surface area contributed by atoms with Crippen LogP contribution in [0.4, 0.5) is 17.2 Å². The van der Waals surface area contributed by atoms with E-state index in [1.54, 1.807) is 0 Å². The minimum Gasteiger partial charge on any atom is -0.370 e. The van der Waals surface area contributed by atoms with Gasteiger partial charge in [-0.25, -0.2) is 4.98 Å². The van der Waals surface area contributed by atoms with E-state index in [9.17, 15) is 9.59 Å². The fourth-order valence-corrected chi connectivity index (χ4v) is 6.00. The van der Waals surface area contributed by atoms with Crippen molar-refractivity contribution in [1.82, 2.24) is 9.55 Å². The lowest BCUT2D eigenvalue weighted by Crippen LogP contribution is -2.31. The zero-order valence-electron chi connectivity index (χ0n) is 23.2. The maximum Gasteiger partial charge on any atom is 0.298 e. The largest absolute Gasteiger partial charge is 0.370 e. The zero-order valence-corrected chi connectivity index (χ0v) is 23.2. The van der Waals surface area contributed by atoms with Gasteiger partial charge in [0.1, 0.15) is 11.5 Å². The van der Waals surface area contributed by atoms with Crippen LogP contribution in [0.1, 0.15) is 40.3 Å². The molecule has 0 aliphatic carbocycles. The Morgan fingerprint density at radius 3 is 2.33 bits per heavy atom. The number of Topliss-reactive ketones (excluding diaryl/α,β-unsaturated/α-hetero) is 1. The highest BCUT2D eigenvalue weighted by molar-refractivity contribution is 6.47. The predicted octanol–water partition coefficient (Wildman–Crippen LogP) is 5.65. The number of carbonyl (C=O) groups excluding carboxylic acids is 2. The van der Waals surface area contributed by atoms with Crippen molar-refractivity contribution in [3.8, 4) is 11.1 Å². The summed E-state index contributed by atoms with van der Waals surface area (Å²) in [6.07, 6.45) is 2.95. The fraction of sp³-hybridized carbons (Fsp3) is 0.303. The van der Waals surface area contributed by atoms with Gasteiger partial charge in [0, 0.05) is 61.0 Å². The van der Waals surface area contributed by atoms with Crippen molar-refractivity contribution in [2.75, 3.05) is 41.3 Å². The first-order valence-corrected chi connectivity index (χ1v) is 14.1. The minimum absolute atomic E-state index is 0.486. The SMILES string of the molecule is Cc1cc(C)nc(N2CCCN(c3ccc(NC(=O)C(=O)c4c(-c5ccccc5)cc5n4CCC5)cc3)CC2)c1. The number of aryl methyl sites for hydroxylation is 3. The molecule has 1 saturated heterocycles. The first kappa shape index (κ1) is 25.9. The highest BCUT2D eigenvalue weighted by atomic mass is 16.2. The smallest absolute Gasteiger partial charge is 0.298 e. The molecule has 0 spiro atoms. The van der Waals surface area contributed by atoms with Gasteiger partial charge >= 0.3 is 0 Å². The van der Waals surface area contributed by atoms with E-state index < -0.39 is 11.7 Å². The van der Waals surface area contributed by atoms with E-state index in [1.807, 2.05) is 66.1 Å². The van der Waals surface area contributed by atoms with Crippen LogP contribution in [0.2, 0.25) is 0 Å². The van der Waals surface area contributed by atoms with Crippen LogP contribution in [-0.2, 0) is 17.8 Å². The number of nitrogens with zero attached hydrogens (tertiary/aromatic N) is 4. The Labute approximate surface area is 235 Å². The second-order valence-electron chi connectivity index (χ2n) is 10.8. The van der Waals surface area contributed by atoms with Crippen molar-refractivity contribution in [3.63, 3.8) is 0 Å². The van der Waals surface area contributed by atoms with Crippen LogP contribution in [-0.4, -0.2) is 47.4 Å². The number of anilines is 3. The van der Waals surface area contributed by atoms with Crippen LogP contribution in [0, 0.1) is 13.8 Å². The monoisotopic (exact) mass is 533 g/mol. The van der Waals surface area contributed by atoms with Crippen molar-refractivity contribution < 1.29 is 9.59 Å². The van der Waals surface area contributed by atoms with Gasteiger partial charge in [-0.15, -0.1) is 0 Å². The number of hydrogen-bond acceptors (Lipinski definition) is 5. The Morgan fingerprint density at radius 1 is 0.800 bits per heavy atom. The second kappa shape index (κ2) is 11.0. The second-order valence-corrected chi connectivity index (χ2v) is 10.8. The molecule has 4 heterocycles. The molecule has 0 radical (unpaired) electrons. The molecule has 6 rings (SSSR count). The Morgan fingerprint density at radius 2 is 1.55 bits per heavy atom. The van der Waals surface area contributed by atoms with Gasteiger partial charge in [-0.3, -0.25) is 9.59 Å². The standard InChI is InChI=1S/C33H35N5O2/c1-23-20-24(2)34-30(21-23)37-16-7-15-36(18-19-37)27-13-11-26(12-14-27)35-33(40)32(39)31-29(25-8-4-3-5-9-25)22-28-10-6-17-38(28)31/h3-5,8-9,11-14,20-22H,6-7,10,15-19H2,1-2H3,(H,35,40). The predicted molar refractivity (Wildman–Crippen MR) is 160 cm³/mol. The van der Waals surface area contributed by atoms with E-state index >= 15 is 0 Å². The van der Waals surface area contributed by atoms with Crippen molar-refractivity contribution in [1.29, 1.82) is 0 Å². The van der Waals surface area contributed by atoms with Crippen molar-refractivity contribution >= 4 is 28.9 Å². The Hall–Kier alpha value is -4.39. The molecule has 2 aromatic carbocycles.